The number of nitrogens with two attached hydrogens (primary N) is 1. The normalized spacial score (nSPS) is 20.6. The number of hydrogen-bond donors (Lipinski definition) is 2. The molecule has 1 unspecified atom stereocenters. The predicted octanol–water partition coefficient (Wildman–Crippen LogP) is -0.0770. The van der Waals surface area contributed by atoms with E-state index in [1.807, 2.05) is 0 Å². The monoisotopic (exact) mass is 250 g/mol. The molecule has 1 aliphatic rings. The first-order valence-corrected chi connectivity index (χ1v) is 5.95. The van der Waals surface area contributed by atoms with E-state index in [2.05, 4.69) is 22.2 Å². The van der Waals surface area contributed by atoms with Crippen molar-refractivity contribution in [1.29, 1.82) is 0 Å². The zero-order valence-electron chi connectivity index (χ0n) is 10.4. The molecule has 1 fully saturated rings. The number of hydrogen-bond acceptors (Lipinski definition) is 5. The van der Waals surface area contributed by atoms with Gasteiger partial charge in [-0.2, -0.15) is 0 Å². The largest absolute Gasteiger partial charge is 0.374 e. The molecule has 1 aromatic heterocycles. The van der Waals surface area contributed by atoms with Crippen LogP contribution in [-0.4, -0.2) is 55.2 Å². The maximum Gasteiger partial charge on any atom is 0.250 e. The van der Waals surface area contributed by atoms with E-state index < -0.39 is 5.91 Å². The fourth-order valence-electron chi connectivity index (χ4n) is 1.85. The van der Waals surface area contributed by atoms with Crippen LogP contribution >= 0.6 is 0 Å². The van der Waals surface area contributed by atoms with E-state index in [1.54, 1.807) is 12.1 Å². The molecule has 0 aromatic carbocycles. The molecular formula is C12H18N4O2. The summed E-state index contributed by atoms with van der Waals surface area (Å²) in [6, 6.07) is 3.40. The lowest BCUT2D eigenvalue weighted by Gasteiger charge is -2.30. The van der Waals surface area contributed by atoms with Gasteiger partial charge in [-0.15, -0.1) is 0 Å². The SMILES string of the molecule is CN1CCOC(CNc2ccc(C(N)=O)cn2)C1. The van der Waals surface area contributed by atoms with Gasteiger partial charge in [0.25, 0.3) is 0 Å². The Hall–Kier alpha value is -1.66. The number of pyridine rings is 1. The number of likely N-dealkylation sites (N-methyl/N-ethyl adjacent to an activating group) is 1. The van der Waals surface area contributed by atoms with E-state index in [9.17, 15) is 4.79 Å². The average molecular weight is 250 g/mol. The molecule has 18 heavy (non-hydrogen) atoms. The number of nitrogens with zero attached hydrogens (tertiary/aromatic N) is 2. The van der Waals surface area contributed by atoms with Crippen molar-refractivity contribution < 1.29 is 9.53 Å². The lowest BCUT2D eigenvalue weighted by molar-refractivity contribution is -0.0117. The van der Waals surface area contributed by atoms with Gasteiger partial charge in [0, 0.05) is 25.8 Å². The standard InChI is InChI=1S/C12H18N4O2/c1-16-4-5-18-10(8-16)7-15-11-3-2-9(6-14-11)12(13)17/h2-3,6,10H,4-5,7-8H2,1H3,(H2,13,17)(H,14,15). The topological polar surface area (TPSA) is 80.5 Å². The zero-order valence-corrected chi connectivity index (χ0v) is 10.4. The fraction of sp³-hybridized carbons (Fsp3) is 0.500. The lowest BCUT2D eigenvalue weighted by atomic mass is 10.2. The Morgan fingerprint density at radius 1 is 1.67 bits per heavy atom. The fourth-order valence-corrected chi connectivity index (χ4v) is 1.85. The van der Waals surface area contributed by atoms with Crippen LogP contribution in [0.3, 0.4) is 0 Å². The van der Waals surface area contributed by atoms with Crippen LogP contribution in [0, 0.1) is 0 Å². The van der Waals surface area contributed by atoms with Crippen molar-refractivity contribution in [2.75, 3.05) is 38.6 Å². The number of amides is 1. The Balaban J connectivity index is 1.84. The molecule has 2 rings (SSSR count). The maximum atomic E-state index is 10.9. The highest BCUT2D eigenvalue weighted by molar-refractivity contribution is 5.92. The number of carbonyl (C=O) groups is 1. The van der Waals surface area contributed by atoms with Crippen LogP contribution in [0.4, 0.5) is 5.82 Å². The Kier molecular flexibility index (Phi) is 4.11. The van der Waals surface area contributed by atoms with Crippen molar-refractivity contribution in [3.63, 3.8) is 0 Å². The number of aromatic nitrogens is 1. The molecule has 1 atom stereocenters. The molecule has 0 radical (unpaired) electrons. The Morgan fingerprint density at radius 3 is 3.11 bits per heavy atom. The number of nitrogens with one attached hydrogen (secondary N) is 1. The van der Waals surface area contributed by atoms with E-state index in [1.165, 1.54) is 6.20 Å². The molecule has 0 aliphatic carbocycles. The molecule has 1 amide bonds. The van der Waals surface area contributed by atoms with Crippen molar-refractivity contribution in [3.05, 3.63) is 23.9 Å². The predicted molar refractivity (Wildman–Crippen MR) is 68.5 cm³/mol. The van der Waals surface area contributed by atoms with Gasteiger partial charge in [-0.05, 0) is 19.2 Å². The number of carbonyl (C=O) groups excluding carboxylic acids is 1. The first-order valence-electron chi connectivity index (χ1n) is 5.95. The van der Waals surface area contributed by atoms with Gasteiger partial charge in [0.1, 0.15) is 5.82 Å². The van der Waals surface area contributed by atoms with E-state index in [0.717, 1.165) is 25.5 Å². The third-order valence-corrected chi connectivity index (χ3v) is 2.90. The van der Waals surface area contributed by atoms with Crippen molar-refractivity contribution in [2.45, 2.75) is 6.10 Å². The van der Waals surface area contributed by atoms with E-state index in [0.29, 0.717) is 12.1 Å². The summed E-state index contributed by atoms with van der Waals surface area (Å²) in [5.74, 6) is 0.253. The van der Waals surface area contributed by atoms with Gasteiger partial charge in [0.15, 0.2) is 0 Å². The summed E-state index contributed by atoms with van der Waals surface area (Å²) < 4.78 is 5.63. The second-order valence-electron chi connectivity index (χ2n) is 4.43. The summed E-state index contributed by atoms with van der Waals surface area (Å²) in [5.41, 5.74) is 5.56. The molecule has 6 heteroatoms. The molecule has 98 valence electrons. The molecular weight excluding hydrogens is 232 g/mol. The summed E-state index contributed by atoms with van der Waals surface area (Å²) in [7, 11) is 2.08. The molecule has 0 saturated carbocycles. The molecule has 1 saturated heterocycles. The van der Waals surface area contributed by atoms with Gasteiger partial charge in [0.2, 0.25) is 5.91 Å². The lowest BCUT2D eigenvalue weighted by Crippen LogP contribution is -2.43. The minimum absolute atomic E-state index is 0.168. The first-order chi connectivity index (χ1) is 8.65. The highest BCUT2D eigenvalue weighted by Gasteiger charge is 2.17. The van der Waals surface area contributed by atoms with Gasteiger partial charge in [-0.3, -0.25) is 4.79 Å². The summed E-state index contributed by atoms with van der Waals surface area (Å²) >= 11 is 0. The molecule has 1 aromatic rings. The van der Waals surface area contributed by atoms with Gasteiger partial charge in [-0.25, -0.2) is 4.98 Å². The molecule has 2 heterocycles. The molecule has 0 bridgehead atoms. The Bertz CT molecular complexity index is 407. The number of rotatable bonds is 4. The van der Waals surface area contributed by atoms with Crippen molar-refractivity contribution in [1.82, 2.24) is 9.88 Å². The highest BCUT2D eigenvalue weighted by Crippen LogP contribution is 2.07. The van der Waals surface area contributed by atoms with Crippen LogP contribution in [0.25, 0.3) is 0 Å². The second kappa shape index (κ2) is 5.79. The van der Waals surface area contributed by atoms with E-state index >= 15 is 0 Å². The van der Waals surface area contributed by atoms with Gasteiger partial charge in [0.05, 0.1) is 18.3 Å². The van der Waals surface area contributed by atoms with Crippen LogP contribution < -0.4 is 11.1 Å². The summed E-state index contributed by atoms with van der Waals surface area (Å²) in [4.78, 5) is 17.2. The van der Waals surface area contributed by atoms with Crippen LogP contribution in [0.2, 0.25) is 0 Å². The van der Waals surface area contributed by atoms with Gasteiger partial charge < -0.3 is 20.7 Å². The summed E-state index contributed by atoms with van der Waals surface area (Å²) in [6.07, 6.45) is 1.64. The van der Waals surface area contributed by atoms with Crippen molar-refractivity contribution >= 4 is 11.7 Å². The minimum atomic E-state index is -0.466. The third kappa shape index (κ3) is 3.41. The van der Waals surface area contributed by atoms with Crippen molar-refractivity contribution in [2.24, 2.45) is 5.73 Å². The number of ether oxygens (including phenoxy) is 1. The van der Waals surface area contributed by atoms with E-state index in [4.69, 9.17) is 10.5 Å². The van der Waals surface area contributed by atoms with E-state index in [-0.39, 0.29) is 6.10 Å². The van der Waals surface area contributed by atoms with Crippen LogP contribution in [0.1, 0.15) is 10.4 Å². The van der Waals surface area contributed by atoms with Crippen molar-refractivity contribution in [3.8, 4) is 0 Å². The smallest absolute Gasteiger partial charge is 0.250 e. The number of primary amides is 1. The molecule has 0 spiro atoms. The minimum Gasteiger partial charge on any atom is -0.374 e. The number of anilines is 1. The highest BCUT2D eigenvalue weighted by atomic mass is 16.5. The zero-order chi connectivity index (χ0) is 13.0. The molecule has 1 aliphatic heterocycles. The van der Waals surface area contributed by atoms with Gasteiger partial charge >= 0.3 is 0 Å². The quantitative estimate of drug-likeness (QED) is 0.781. The maximum absolute atomic E-state index is 10.9. The Labute approximate surface area is 106 Å². The molecule has 6 nitrogen and oxygen atoms in total. The third-order valence-electron chi connectivity index (χ3n) is 2.90. The molecule has 3 N–H and O–H groups in total. The Morgan fingerprint density at radius 2 is 2.50 bits per heavy atom. The van der Waals surface area contributed by atoms with Crippen LogP contribution in [-0.2, 0) is 4.74 Å². The van der Waals surface area contributed by atoms with Crippen LogP contribution in [0.15, 0.2) is 18.3 Å². The first kappa shape index (κ1) is 12.8. The summed E-state index contributed by atoms with van der Waals surface area (Å²) in [6.45, 7) is 3.35. The summed E-state index contributed by atoms with van der Waals surface area (Å²) in [5, 5.41) is 3.19. The van der Waals surface area contributed by atoms with Gasteiger partial charge in [-0.1, -0.05) is 0 Å². The second-order valence-corrected chi connectivity index (χ2v) is 4.43. The number of morpholine rings is 1. The average Bonchev–Trinajstić information content (AvgIpc) is 2.37. The van der Waals surface area contributed by atoms with Crippen LogP contribution in [0.5, 0.6) is 0 Å².